The average Bonchev–Trinajstić information content (AvgIpc) is 2.44. The maximum Gasteiger partial charge on any atom is 0.330 e. The average molecular weight is 292 g/mol. The summed E-state index contributed by atoms with van der Waals surface area (Å²) < 4.78 is 24.6. The minimum absolute atomic E-state index is 0.0195. The van der Waals surface area contributed by atoms with Crippen LogP contribution in [0.4, 0.5) is 10.3 Å². The molecule has 112 valence electrons. The minimum atomic E-state index is -0.444. The fraction of sp³-hybridized carbons (Fsp3) is 0.357. The molecule has 2 rings (SSSR count). The van der Waals surface area contributed by atoms with Crippen LogP contribution in [0.1, 0.15) is 19.4 Å². The number of halogens is 1. The van der Waals surface area contributed by atoms with Crippen LogP contribution >= 0.6 is 0 Å². The Morgan fingerprint density at radius 3 is 2.62 bits per heavy atom. The molecule has 0 atom stereocenters. The zero-order chi connectivity index (χ0) is 15.2. The molecular formula is C14H17FN4O2. The lowest BCUT2D eigenvalue weighted by molar-refractivity contribution is 0.302. The van der Waals surface area contributed by atoms with Crippen molar-refractivity contribution in [3.63, 3.8) is 0 Å². The summed E-state index contributed by atoms with van der Waals surface area (Å²) in [4.78, 5) is 12.1. The molecule has 1 aromatic carbocycles. The lowest BCUT2D eigenvalue weighted by Crippen LogP contribution is -2.07. The number of aryl methyl sites for hydroxylation is 1. The molecule has 0 saturated heterocycles. The van der Waals surface area contributed by atoms with E-state index in [0.717, 1.165) is 0 Å². The van der Waals surface area contributed by atoms with E-state index in [9.17, 15) is 4.39 Å². The van der Waals surface area contributed by atoms with Crippen LogP contribution in [0.15, 0.2) is 18.2 Å². The summed E-state index contributed by atoms with van der Waals surface area (Å²) in [7, 11) is 0. The van der Waals surface area contributed by atoms with Crippen LogP contribution in [0.25, 0.3) is 0 Å². The van der Waals surface area contributed by atoms with E-state index in [1.807, 2.05) is 13.8 Å². The third-order valence-corrected chi connectivity index (χ3v) is 2.56. The van der Waals surface area contributed by atoms with Gasteiger partial charge in [0.15, 0.2) is 11.6 Å². The lowest BCUT2D eigenvalue weighted by atomic mass is 10.2. The molecule has 1 aromatic heterocycles. The number of benzene rings is 1. The van der Waals surface area contributed by atoms with Crippen LogP contribution in [0.5, 0.6) is 17.8 Å². The van der Waals surface area contributed by atoms with Crippen LogP contribution < -0.4 is 14.8 Å². The smallest absolute Gasteiger partial charge is 0.330 e. The molecule has 6 nitrogen and oxygen atoms in total. The summed E-state index contributed by atoms with van der Waals surface area (Å²) in [6.45, 7) is 6.43. The van der Waals surface area contributed by atoms with Crippen LogP contribution in [-0.4, -0.2) is 28.1 Å². The molecule has 0 unspecified atom stereocenters. The summed E-state index contributed by atoms with van der Waals surface area (Å²) in [6.07, 6.45) is 0. The molecule has 0 amide bonds. The van der Waals surface area contributed by atoms with Gasteiger partial charge in [0.1, 0.15) is 0 Å². The van der Waals surface area contributed by atoms with Crippen molar-refractivity contribution in [2.24, 2.45) is 0 Å². The van der Waals surface area contributed by atoms with Crippen molar-refractivity contribution in [3.05, 3.63) is 29.6 Å². The molecule has 7 heteroatoms. The van der Waals surface area contributed by atoms with Gasteiger partial charge in [-0.3, -0.25) is 0 Å². The second kappa shape index (κ2) is 6.83. The standard InChI is InChI=1S/C14H17FN4O2/c1-4-16-12-17-13(20-5-2)19-14(18-12)21-10-8-6-7-9(3)11(10)15/h6-8H,4-5H2,1-3H3,(H,16,17,18,19). The largest absolute Gasteiger partial charge is 0.464 e. The number of nitrogens with zero attached hydrogens (tertiary/aromatic N) is 3. The fourth-order valence-electron chi connectivity index (χ4n) is 1.61. The van der Waals surface area contributed by atoms with Crippen molar-refractivity contribution in [1.82, 2.24) is 15.0 Å². The molecule has 0 radical (unpaired) electrons. The van der Waals surface area contributed by atoms with Crippen molar-refractivity contribution in [2.45, 2.75) is 20.8 Å². The summed E-state index contributed by atoms with van der Waals surface area (Å²) >= 11 is 0. The van der Waals surface area contributed by atoms with Gasteiger partial charge < -0.3 is 14.8 Å². The summed E-state index contributed by atoms with van der Waals surface area (Å²) in [5, 5.41) is 2.94. The molecule has 0 aliphatic carbocycles. The first-order valence-electron chi connectivity index (χ1n) is 6.69. The van der Waals surface area contributed by atoms with Gasteiger partial charge in [0.25, 0.3) is 0 Å². The van der Waals surface area contributed by atoms with E-state index in [2.05, 4.69) is 20.3 Å². The number of ether oxygens (including phenoxy) is 2. The van der Waals surface area contributed by atoms with E-state index in [0.29, 0.717) is 24.7 Å². The van der Waals surface area contributed by atoms with E-state index in [4.69, 9.17) is 9.47 Å². The number of anilines is 1. The van der Waals surface area contributed by atoms with Crippen LogP contribution in [-0.2, 0) is 0 Å². The first kappa shape index (κ1) is 15.0. The normalized spacial score (nSPS) is 10.3. The molecule has 0 aliphatic rings. The van der Waals surface area contributed by atoms with Gasteiger partial charge in [0.2, 0.25) is 5.95 Å². The second-order valence-electron chi connectivity index (χ2n) is 4.18. The lowest BCUT2D eigenvalue weighted by Gasteiger charge is -2.09. The van der Waals surface area contributed by atoms with E-state index < -0.39 is 5.82 Å². The SMILES string of the molecule is CCNc1nc(OCC)nc(Oc2cccc(C)c2F)n1. The Morgan fingerprint density at radius 1 is 1.14 bits per heavy atom. The first-order chi connectivity index (χ1) is 10.1. The Morgan fingerprint density at radius 2 is 1.90 bits per heavy atom. The van der Waals surface area contributed by atoms with E-state index in [-0.39, 0.29) is 17.8 Å². The number of nitrogens with one attached hydrogen (secondary N) is 1. The third-order valence-electron chi connectivity index (χ3n) is 2.56. The number of hydrogen-bond donors (Lipinski definition) is 1. The van der Waals surface area contributed by atoms with Gasteiger partial charge in [-0.1, -0.05) is 12.1 Å². The molecule has 0 bridgehead atoms. The molecule has 1 N–H and O–H groups in total. The predicted octanol–water partition coefficient (Wildman–Crippen LogP) is 2.94. The minimum Gasteiger partial charge on any atom is -0.464 e. The van der Waals surface area contributed by atoms with Crippen molar-refractivity contribution in [1.29, 1.82) is 0 Å². The summed E-state index contributed by atoms with van der Waals surface area (Å²) in [5.41, 5.74) is 0.485. The van der Waals surface area contributed by atoms with E-state index in [1.165, 1.54) is 6.07 Å². The molecular weight excluding hydrogens is 275 g/mol. The van der Waals surface area contributed by atoms with Gasteiger partial charge in [0, 0.05) is 6.54 Å². The zero-order valence-electron chi connectivity index (χ0n) is 12.2. The van der Waals surface area contributed by atoms with Crippen LogP contribution in [0.2, 0.25) is 0 Å². The van der Waals surface area contributed by atoms with Gasteiger partial charge in [0.05, 0.1) is 6.61 Å². The molecule has 0 aliphatic heterocycles. The highest BCUT2D eigenvalue weighted by Gasteiger charge is 2.12. The third kappa shape index (κ3) is 3.77. The van der Waals surface area contributed by atoms with Crippen molar-refractivity contribution in [3.8, 4) is 17.8 Å². The highest BCUT2D eigenvalue weighted by atomic mass is 19.1. The first-order valence-corrected chi connectivity index (χ1v) is 6.69. The van der Waals surface area contributed by atoms with E-state index in [1.54, 1.807) is 19.1 Å². The molecule has 2 aromatic rings. The van der Waals surface area contributed by atoms with E-state index >= 15 is 0 Å². The van der Waals surface area contributed by atoms with Gasteiger partial charge in [-0.05, 0) is 32.4 Å². The van der Waals surface area contributed by atoms with Crippen LogP contribution in [0.3, 0.4) is 0 Å². The highest BCUT2D eigenvalue weighted by molar-refractivity contribution is 5.33. The maximum absolute atomic E-state index is 13.9. The maximum atomic E-state index is 13.9. The Hall–Kier alpha value is -2.44. The number of rotatable bonds is 6. The van der Waals surface area contributed by atoms with Crippen molar-refractivity contribution < 1.29 is 13.9 Å². The van der Waals surface area contributed by atoms with Gasteiger partial charge in [-0.25, -0.2) is 4.39 Å². The van der Waals surface area contributed by atoms with Gasteiger partial charge in [-0.2, -0.15) is 9.97 Å². The fourth-order valence-corrected chi connectivity index (χ4v) is 1.61. The highest BCUT2D eigenvalue weighted by Crippen LogP contribution is 2.25. The predicted molar refractivity (Wildman–Crippen MR) is 76.4 cm³/mol. The Bertz CT molecular complexity index is 598. The van der Waals surface area contributed by atoms with Crippen molar-refractivity contribution >= 4 is 5.95 Å². The van der Waals surface area contributed by atoms with Crippen LogP contribution in [0, 0.1) is 12.7 Å². The molecule has 21 heavy (non-hydrogen) atoms. The topological polar surface area (TPSA) is 69.2 Å². The monoisotopic (exact) mass is 292 g/mol. The molecule has 0 saturated carbocycles. The zero-order valence-corrected chi connectivity index (χ0v) is 12.2. The summed E-state index contributed by atoms with van der Waals surface area (Å²) in [6, 6.07) is 4.98. The second-order valence-corrected chi connectivity index (χ2v) is 4.18. The molecule has 1 heterocycles. The van der Waals surface area contributed by atoms with Gasteiger partial charge in [-0.15, -0.1) is 4.98 Å². The van der Waals surface area contributed by atoms with Crippen molar-refractivity contribution in [2.75, 3.05) is 18.5 Å². The Kier molecular flexibility index (Phi) is 4.86. The van der Waals surface area contributed by atoms with Gasteiger partial charge >= 0.3 is 12.0 Å². The molecule has 0 spiro atoms. The number of hydrogen-bond acceptors (Lipinski definition) is 6. The molecule has 0 fully saturated rings. The Labute approximate surface area is 122 Å². The Balaban J connectivity index is 2.31. The summed E-state index contributed by atoms with van der Waals surface area (Å²) in [5.74, 6) is -0.0639. The number of aromatic nitrogens is 3. The quantitative estimate of drug-likeness (QED) is 0.882.